The van der Waals surface area contributed by atoms with Gasteiger partial charge in [-0.1, -0.05) is 0 Å². The van der Waals surface area contributed by atoms with Gasteiger partial charge in [-0.15, -0.1) is 0 Å². The summed E-state index contributed by atoms with van der Waals surface area (Å²) in [6, 6.07) is 7.32. The summed E-state index contributed by atoms with van der Waals surface area (Å²) >= 11 is 0. The highest BCUT2D eigenvalue weighted by Crippen LogP contribution is 2.52. The van der Waals surface area contributed by atoms with Crippen LogP contribution in [0.25, 0.3) is 0 Å². The van der Waals surface area contributed by atoms with Crippen molar-refractivity contribution in [3.8, 4) is 5.75 Å². The van der Waals surface area contributed by atoms with Crippen LogP contribution in [0.15, 0.2) is 53.0 Å². The monoisotopic (exact) mass is 551 g/mol. The number of ketones is 2. The Bertz CT molecular complexity index is 1580. The van der Waals surface area contributed by atoms with Gasteiger partial charge in [0.1, 0.15) is 22.9 Å². The van der Waals surface area contributed by atoms with Crippen molar-refractivity contribution in [2.24, 2.45) is 17.6 Å². The highest BCUT2D eigenvalue weighted by Gasteiger charge is 2.59. The number of nitrogens with one attached hydrogen (secondary N) is 1. The summed E-state index contributed by atoms with van der Waals surface area (Å²) in [5.74, 6) is -9.73. The van der Waals surface area contributed by atoms with Gasteiger partial charge >= 0.3 is 0 Å². The van der Waals surface area contributed by atoms with Gasteiger partial charge in [0.2, 0.25) is 5.78 Å². The Kier molecular flexibility index (Phi) is 6.18. The van der Waals surface area contributed by atoms with E-state index in [-0.39, 0.29) is 30.4 Å². The number of carbonyl (C=O) groups excluding carboxylic acids is 4. The quantitative estimate of drug-likeness (QED) is 0.244. The smallest absolute Gasteiger partial charge is 0.255 e. The molecule has 2 aromatic carbocycles. The summed E-state index contributed by atoms with van der Waals surface area (Å²) in [4.78, 5) is 53.0. The second-order valence-corrected chi connectivity index (χ2v) is 10.4. The molecular formula is C28H26FN3O8. The van der Waals surface area contributed by atoms with Crippen LogP contribution in [0.1, 0.15) is 39.1 Å². The molecule has 0 spiro atoms. The van der Waals surface area contributed by atoms with Crippen molar-refractivity contribution in [2.75, 3.05) is 24.3 Å². The molecule has 3 aliphatic carbocycles. The van der Waals surface area contributed by atoms with E-state index in [0.29, 0.717) is 0 Å². The lowest BCUT2D eigenvalue weighted by Gasteiger charge is -2.45. The van der Waals surface area contributed by atoms with Crippen LogP contribution in [0.2, 0.25) is 0 Å². The van der Waals surface area contributed by atoms with E-state index in [1.165, 1.54) is 12.1 Å². The van der Waals surface area contributed by atoms with Crippen LogP contribution in [0.3, 0.4) is 0 Å². The number of phenolic OH excluding ortho intramolecular Hbond substituents is 1. The number of hydrogen-bond donors (Lipinski definition) is 6. The molecule has 2 amide bonds. The van der Waals surface area contributed by atoms with E-state index in [1.54, 1.807) is 12.1 Å². The summed E-state index contributed by atoms with van der Waals surface area (Å²) in [6.07, 6.45) is -0.692. The number of allylic oxidation sites excluding steroid dienone is 2. The van der Waals surface area contributed by atoms with E-state index in [0.717, 1.165) is 11.8 Å². The van der Waals surface area contributed by atoms with Crippen LogP contribution in [-0.4, -0.2) is 63.5 Å². The average Bonchev–Trinajstić information content (AvgIpc) is 2.88. The van der Waals surface area contributed by atoms with Crippen LogP contribution in [-0.2, 0) is 16.0 Å². The zero-order chi connectivity index (χ0) is 29.3. The highest BCUT2D eigenvalue weighted by molar-refractivity contribution is 6.24. The van der Waals surface area contributed by atoms with Gasteiger partial charge in [0, 0.05) is 54.9 Å². The first-order valence-corrected chi connectivity index (χ1v) is 12.4. The second-order valence-electron chi connectivity index (χ2n) is 10.4. The lowest BCUT2D eigenvalue weighted by atomic mass is 9.60. The molecule has 0 saturated carbocycles. The summed E-state index contributed by atoms with van der Waals surface area (Å²) in [6.45, 7) is 0. The lowest BCUT2D eigenvalue weighted by Crippen LogP contribution is -2.57. The molecule has 5 rings (SSSR count). The molecule has 1 unspecified atom stereocenters. The van der Waals surface area contributed by atoms with Crippen LogP contribution in [0.4, 0.5) is 15.8 Å². The molecule has 0 bridgehead atoms. The van der Waals surface area contributed by atoms with Gasteiger partial charge in [0.05, 0.1) is 11.3 Å². The number of carbonyl (C=O) groups is 4. The number of hydrogen-bond acceptors (Lipinski definition) is 9. The summed E-state index contributed by atoms with van der Waals surface area (Å²) in [7, 11) is 3.65. The number of halogens is 1. The van der Waals surface area contributed by atoms with Crippen LogP contribution < -0.4 is 16.0 Å². The van der Waals surface area contributed by atoms with E-state index >= 15 is 4.39 Å². The molecule has 208 valence electrons. The van der Waals surface area contributed by atoms with Crippen molar-refractivity contribution in [1.82, 2.24) is 0 Å². The fourth-order valence-electron chi connectivity index (χ4n) is 5.84. The summed E-state index contributed by atoms with van der Waals surface area (Å²) < 4.78 is 15.3. The third-order valence-electron chi connectivity index (χ3n) is 7.90. The molecule has 3 atom stereocenters. The SMILES string of the molecule is CN(C)c1ccc(C(=O)Nc2cc(F)c3c(c2O)C(=O)C2=C(O)[C@]4(O)C(=O)C(C(N)=O)=C(O)C[C@@H]4CC2C3)cc1. The maximum Gasteiger partial charge on any atom is 0.255 e. The molecule has 3 aliphatic rings. The van der Waals surface area contributed by atoms with Crippen molar-refractivity contribution in [3.63, 3.8) is 0 Å². The Balaban J connectivity index is 1.54. The first kappa shape index (κ1) is 26.9. The molecular weight excluding hydrogens is 525 g/mol. The van der Waals surface area contributed by atoms with Crippen molar-refractivity contribution < 1.29 is 44.0 Å². The number of aliphatic hydroxyl groups excluding tert-OH is 2. The number of phenols is 1. The Morgan fingerprint density at radius 2 is 1.75 bits per heavy atom. The van der Waals surface area contributed by atoms with E-state index in [9.17, 15) is 39.6 Å². The zero-order valence-electron chi connectivity index (χ0n) is 21.5. The van der Waals surface area contributed by atoms with E-state index < -0.39 is 86.3 Å². The average molecular weight is 552 g/mol. The molecule has 11 nitrogen and oxygen atoms in total. The number of fused-ring (bicyclic) bond motifs is 3. The fourth-order valence-corrected chi connectivity index (χ4v) is 5.84. The molecule has 12 heteroatoms. The number of primary amides is 1. The van der Waals surface area contributed by atoms with Gasteiger partial charge in [-0.25, -0.2) is 4.39 Å². The van der Waals surface area contributed by atoms with Gasteiger partial charge in [0.25, 0.3) is 11.8 Å². The number of rotatable bonds is 4. The molecule has 0 radical (unpaired) electrons. The first-order valence-electron chi connectivity index (χ1n) is 12.4. The van der Waals surface area contributed by atoms with Crippen molar-refractivity contribution >= 4 is 34.8 Å². The van der Waals surface area contributed by atoms with Crippen molar-refractivity contribution in [1.29, 1.82) is 0 Å². The Morgan fingerprint density at radius 1 is 1.10 bits per heavy atom. The maximum absolute atomic E-state index is 15.3. The molecule has 7 N–H and O–H groups in total. The van der Waals surface area contributed by atoms with Gasteiger partial charge in [-0.3, -0.25) is 19.2 Å². The zero-order valence-corrected chi connectivity index (χ0v) is 21.5. The Labute approximate surface area is 227 Å². The predicted octanol–water partition coefficient (Wildman–Crippen LogP) is 2.04. The fraction of sp³-hybridized carbons (Fsp3) is 0.286. The largest absolute Gasteiger partial charge is 0.511 e. The standard InChI is InChI=1S/C28H26FN3O8/c1-32(2)14-5-3-11(4-6-14)27(39)31-17-10-16(29)15-8-12-7-13-9-18(33)21(26(30)38)25(37)28(13,40)24(36)19(12)23(35)20(15)22(17)34/h3-6,10,12-13,33-34,36,40H,7-9H2,1-2H3,(H2,30,38)(H,31,39)/t12?,13-,28-/m0/s1. The number of aromatic hydroxyl groups is 1. The number of benzene rings is 2. The molecule has 0 fully saturated rings. The molecule has 0 aliphatic heterocycles. The Hall–Kier alpha value is -4.71. The van der Waals surface area contributed by atoms with E-state index in [1.807, 2.05) is 19.0 Å². The van der Waals surface area contributed by atoms with Gasteiger partial charge < -0.3 is 36.4 Å². The number of Topliss-reactive ketones (excluding diaryl/α,β-unsaturated/α-hetero) is 2. The highest BCUT2D eigenvalue weighted by atomic mass is 19.1. The number of anilines is 2. The Morgan fingerprint density at radius 3 is 2.35 bits per heavy atom. The maximum atomic E-state index is 15.3. The molecule has 40 heavy (non-hydrogen) atoms. The first-order chi connectivity index (χ1) is 18.8. The van der Waals surface area contributed by atoms with Crippen LogP contribution in [0, 0.1) is 17.7 Å². The third kappa shape index (κ3) is 3.82. The molecule has 0 heterocycles. The predicted molar refractivity (Wildman–Crippen MR) is 139 cm³/mol. The topological polar surface area (TPSA) is 190 Å². The molecule has 0 saturated heterocycles. The van der Waals surface area contributed by atoms with Crippen molar-refractivity contribution in [3.05, 3.63) is 75.5 Å². The third-order valence-corrected chi connectivity index (χ3v) is 7.90. The number of aliphatic hydroxyl groups is 3. The molecule has 2 aromatic rings. The van der Waals surface area contributed by atoms with Crippen LogP contribution >= 0.6 is 0 Å². The summed E-state index contributed by atoms with van der Waals surface area (Å²) in [5, 5.41) is 45.9. The summed E-state index contributed by atoms with van der Waals surface area (Å²) in [5.41, 5.74) is 1.09. The molecule has 0 aromatic heterocycles. The minimum atomic E-state index is -2.73. The number of amides is 2. The van der Waals surface area contributed by atoms with Crippen molar-refractivity contribution in [2.45, 2.75) is 24.9 Å². The second kappa shape index (κ2) is 9.19. The minimum absolute atomic E-state index is 0.120. The van der Waals surface area contributed by atoms with Gasteiger partial charge in [-0.2, -0.15) is 0 Å². The van der Waals surface area contributed by atoms with Gasteiger partial charge in [0.15, 0.2) is 17.1 Å². The van der Waals surface area contributed by atoms with Gasteiger partial charge in [-0.05, 0) is 43.0 Å². The normalized spacial score (nSPS) is 23.8. The lowest BCUT2D eigenvalue weighted by molar-refractivity contribution is -0.144. The number of nitrogens with two attached hydrogens (primary N) is 1. The minimum Gasteiger partial charge on any atom is -0.511 e. The van der Waals surface area contributed by atoms with E-state index in [4.69, 9.17) is 5.73 Å². The number of nitrogens with zero attached hydrogens (tertiary/aromatic N) is 1. The van der Waals surface area contributed by atoms with E-state index in [2.05, 4.69) is 5.32 Å². The van der Waals surface area contributed by atoms with Crippen LogP contribution in [0.5, 0.6) is 5.75 Å².